The van der Waals surface area contributed by atoms with Crippen LogP contribution in [0.15, 0.2) is 18.2 Å². The molecule has 0 aromatic heterocycles. The summed E-state index contributed by atoms with van der Waals surface area (Å²) in [5.41, 5.74) is 0.886. The average molecular weight is 213 g/mol. The molecule has 0 amide bonds. The third-order valence-corrected chi connectivity index (χ3v) is 2.26. The Bertz CT molecular complexity index is 380. The van der Waals surface area contributed by atoms with Gasteiger partial charge in [-0.2, -0.15) is 5.26 Å². The van der Waals surface area contributed by atoms with Crippen molar-refractivity contribution in [2.45, 2.75) is 6.42 Å². The fraction of sp³-hybridized carbons (Fsp3) is 0.111. The van der Waals surface area contributed by atoms with Gasteiger partial charge in [0, 0.05) is 0 Å². The fourth-order valence-corrected chi connectivity index (χ4v) is 1.16. The van der Waals surface area contributed by atoms with E-state index in [0.29, 0.717) is 15.6 Å². The molecule has 2 nitrogen and oxygen atoms in total. The molecule has 1 N–H and O–H groups in total. The average Bonchev–Trinajstić information content (AvgIpc) is 2.10. The standard InChI is InChI=1S/C9H6Cl2N2/c10-7-2-1-6(5-8(7)11)9(13)3-4-12/h1-2,5,13H,3H2. The second-order valence-corrected chi connectivity index (χ2v) is 3.26. The first-order valence-electron chi connectivity index (χ1n) is 3.55. The SMILES string of the molecule is N#CCC(=N)c1ccc(Cl)c(Cl)c1. The fourth-order valence-electron chi connectivity index (χ4n) is 0.865. The van der Waals surface area contributed by atoms with Gasteiger partial charge in [0.2, 0.25) is 0 Å². The summed E-state index contributed by atoms with van der Waals surface area (Å²) in [5, 5.41) is 16.7. The molecule has 0 saturated heterocycles. The van der Waals surface area contributed by atoms with Crippen molar-refractivity contribution < 1.29 is 0 Å². The first-order chi connectivity index (χ1) is 6.15. The molecule has 0 aliphatic heterocycles. The van der Waals surface area contributed by atoms with Gasteiger partial charge in [0.25, 0.3) is 0 Å². The van der Waals surface area contributed by atoms with Gasteiger partial charge < -0.3 is 5.41 Å². The molecule has 0 radical (unpaired) electrons. The molecule has 0 heterocycles. The predicted molar refractivity (Wildman–Crippen MR) is 53.5 cm³/mol. The lowest BCUT2D eigenvalue weighted by Crippen LogP contribution is -1.96. The van der Waals surface area contributed by atoms with Crippen LogP contribution in [0.3, 0.4) is 0 Å². The van der Waals surface area contributed by atoms with Crippen LogP contribution in [0.5, 0.6) is 0 Å². The lowest BCUT2D eigenvalue weighted by molar-refractivity contribution is 1.34. The maximum atomic E-state index is 8.37. The van der Waals surface area contributed by atoms with Crippen LogP contribution in [-0.2, 0) is 0 Å². The summed E-state index contributed by atoms with van der Waals surface area (Å²) in [6.07, 6.45) is 0.0813. The smallest absolute Gasteiger partial charge is 0.0773 e. The summed E-state index contributed by atoms with van der Waals surface area (Å²) < 4.78 is 0. The number of nitriles is 1. The lowest BCUT2D eigenvalue weighted by Gasteiger charge is -2.01. The second kappa shape index (κ2) is 4.27. The van der Waals surface area contributed by atoms with Crippen molar-refractivity contribution >= 4 is 28.9 Å². The lowest BCUT2D eigenvalue weighted by atomic mass is 10.1. The maximum absolute atomic E-state index is 8.37. The number of halogens is 2. The predicted octanol–water partition coefficient (Wildman–Crippen LogP) is 3.27. The van der Waals surface area contributed by atoms with Gasteiger partial charge in [-0.3, -0.25) is 0 Å². The summed E-state index contributed by atoms with van der Waals surface area (Å²) in [7, 11) is 0. The van der Waals surface area contributed by atoms with Gasteiger partial charge in [0.1, 0.15) is 0 Å². The van der Waals surface area contributed by atoms with E-state index < -0.39 is 0 Å². The van der Waals surface area contributed by atoms with E-state index in [-0.39, 0.29) is 12.1 Å². The monoisotopic (exact) mass is 212 g/mol. The Morgan fingerprint density at radius 1 is 1.38 bits per heavy atom. The zero-order valence-electron chi connectivity index (χ0n) is 6.64. The number of hydrogen-bond donors (Lipinski definition) is 1. The summed E-state index contributed by atoms with van der Waals surface area (Å²) in [6.45, 7) is 0. The third kappa shape index (κ3) is 2.45. The molecular weight excluding hydrogens is 207 g/mol. The third-order valence-electron chi connectivity index (χ3n) is 1.52. The Balaban J connectivity index is 2.98. The number of hydrogen-bond acceptors (Lipinski definition) is 2. The Morgan fingerprint density at radius 2 is 2.08 bits per heavy atom. The maximum Gasteiger partial charge on any atom is 0.0773 e. The van der Waals surface area contributed by atoms with E-state index in [2.05, 4.69) is 0 Å². The van der Waals surface area contributed by atoms with Gasteiger partial charge in [-0.15, -0.1) is 0 Å². The highest BCUT2D eigenvalue weighted by molar-refractivity contribution is 6.42. The molecular formula is C9H6Cl2N2. The normalized spacial score (nSPS) is 9.31. The van der Waals surface area contributed by atoms with Crippen molar-refractivity contribution in [3.63, 3.8) is 0 Å². The zero-order valence-corrected chi connectivity index (χ0v) is 8.15. The Kier molecular flexibility index (Phi) is 3.30. The Labute approximate surface area is 86.2 Å². The molecule has 1 aromatic carbocycles. The minimum atomic E-state index is 0.0813. The van der Waals surface area contributed by atoms with Crippen LogP contribution in [0.4, 0.5) is 0 Å². The summed E-state index contributed by atoms with van der Waals surface area (Å²) >= 11 is 11.4. The molecule has 13 heavy (non-hydrogen) atoms. The highest BCUT2D eigenvalue weighted by Crippen LogP contribution is 2.22. The van der Waals surface area contributed by atoms with Crippen LogP contribution in [0, 0.1) is 16.7 Å². The van der Waals surface area contributed by atoms with Crippen LogP contribution in [0.25, 0.3) is 0 Å². The van der Waals surface area contributed by atoms with E-state index in [1.54, 1.807) is 18.2 Å². The van der Waals surface area contributed by atoms with Gasteiger partial charge in [-0.1, -0.05) is 29.3 Å². The number of rotatable bonds is 2. The van der Waals surface area contributed by atoms with Crippen molar-refractivity contribution in [1.82, 2.24) is 0 Å². The topological polar surface area (TPSA) is 47.6 Å². The number of nitrogens with one attached hydrogen (secondary N) is 1. The summed E-state index contributed by atoms with van der Waals surface area (Å²) in [5.74, 6) is 0. The highest BCUT2D eigenvalue weighted by atomic mass is 35.5. The molecule has 0 bridgehead atoms. The van der Waals surface area contributed by atoms with Gasteiger partial charge in [-0.25, -0.2) is 0 Å². The molecule has 1 aromatic rings. The van der Waals surface area contributed by atoms with Crippen molar-refractivity contribution in [2.75, 3.05) is 0 Å². The molecule has 0 atom stereocenters. The van der Waals surface area contributed by atoms with Crippen molar-refractivity contribution in [3.8, 4) is 6.07 Å². The van der Waals surface area contributed by atoms with Gasteiger partial charge >= 0.3 is 0 Å². The van der Waals surface area contributed by atoms with Crippen LogP contribution in [0.1, 0.15) is 12.0 Å². The molecule has 0 spiro atoms. The highest BCUT2D eigenvalue weighted by Gasteiger charge is 2.03. The van der Waals surface area contributed by atoms with E-state index in [1.807, 2.05) is 6.07 Å². The molecule has 0 saturated carbocycles. The Hall–Kier alpha value is -1.04. The van der Waals surface area contributed by atoms with Gasteiger partial charge in [0.05, 0.1) is 28.2 Å². The Morgan fingerprint density at radius 3 is 2.62 bits per heavy atom. The first-order valence-corrected chi connectivity index (χ1v) is 4.30. The van der Waals surface area contributed by atoms with Crippen molar-refractivity contribution in [1.29, 1.82) is 10.7 Å². The van der Waals surface area contributed by atoms with Gasteiger partial charge in [-0.05, 0) is 17.7 Å². The molecule has 66 valence electrons. The minimum absolute atomic E-state index is 0.0813. The number of benzene rings is 1. The molecule has 0 unspecified atom stereocenters. The molecule has 4 heteroatoms. The van der Waals surface area contributed by atoms with Crippen molar-refractivity contribution in [2.24, 2.45) is 0 Å². The van der Waals surface area contributed by atoms with Gasteiger partial charge in [0.15, 0.2) is 0 Å². The van der Waals surface area contributed by atoms with E-state index in [1.165, 1.54) is 0 Å². The molecule has 1 rings (SSSR count). The van der Waals surface area contributed by atoms with Crippen molar-refractivity contribution in [3.05, 3.63) is 33.8 Å². The zero-order chi connectivity index (χ0) is 9.84. The summed E-state index contributed by atoms with van der Waals surface area (Å²) in [6, 6.07) is 6.78. The van der Waals surface area contributed by atoms with E-state index in [4.69, 9.17) is 33.9 Å². The minimum Gasteiger partial charge on any atom is -0.304 e. The number of nitrogens with zero attached hydrogens (tertiary/aromatic N) is 1. The van der Waals surface area contributed by atoms with Crippen LogP contribution in [0.2, 0.25) is 10.0 Å². The molecule has 0 fully saturated rings. The van der Waals surface area contributed by atoms with Crippen LogP contribution >= 0.6 is 23.2 Å². The second-order valence-electron chi connectivity index (χ2n) is 2.44. The largest absolute Gasteiger partial charge is 0.304 e. The quantitative estimate of drug-likeness (QED) is 0.752. The summed E-state index contributed by atoms with van der Waals surface area (Å²) in [4.78, 5) is 0. The molecule has 0 aliphatic rings. The first kappa shape index (κ1) is 10.0. The van der Waals surface area contributed by atoms with E-state index >= 15 is 0 Å². The van der Waals surface area contributed by atoms with E-state index in [0.717, 1.165) is 0 Å². The van der Waals surface area contributed by atoms with Crippen LogP contribution < -0.4 is 0 Å². The van der Waals surface area contributed by atoms with Crippen LogP contribution in [-0.4, -0.2) is 5.71 Å². The van der Waals surface area contributed by atoms with E-state index in [9.17, 15) is 0 Å². The molecule has 0 aliphatic carbocycles.